The Balaban J connectivity index is 2.45. The summed E-state index contributed by atoms with van der Waals surface area (Å²) in [5.74, 6) is -1.15. The monoisotopic (exact) mass is 257 g/mol. The summed E-state index contributed by atoms with van der Waals surface area (Å²) in [5, 5.41) is 0. The molecule has 0 aliphatic heterocycles. The van der Waals surface area contributed by atoms with Crippen molar-refractivity contribution in [2.24, 2.45) is 0 Å². The molecular formula is C12H7F4NO. The second-order valence-corrected chi connectivity index (χ2v) is 3.41. The molecule has 2 aromatic rings. The number of halogens is 4. The van der Waals surface area contributed by atoms with Gasteiger partial charge in [-0.25, -0.2) is 4.98 Å². The number of ether oxygens (including phenoxy) is 1. The van der Waals surface area contributed by atoms with Gasteiger partial charge in [-0.1, -0.05) is 18.2 Å². The summed E-state index contributed by atoms with van der Waals surface area (Å²) in [5.41, 5.74) is 0.415. The summed E-state index contributed by atoms with van der Waals surface area (Å²) < 4.78 is 53.5. The minimum absolute atomic E-state index is 0.149. The number of rotatable bonds is 2. The lowest BCUT2D eigenvalue weighted by molar-refractivity contribution is -0.274. The normalized spacial score (nSPS) is 11.3. The second kappa shape index (κ2) is 4.64. The van der Waals surface area contributed by atoms with Gasteiger partial charge in [0, 0.05) is 17.8 Å². The largest absolute Gasteiger partial charge is 0.573 e. The quantitative estimate of drug-likeness (QED) is 0.603. The number of hydrogen-bond acceptors (Lipinski definition) is 2. The summed E-state index contributed by atoms with van der Waals surface area (Å²) in [4.78, 5) is 3.34. The highest BCUT2D eigenvalue weighted by Gasteiger charge is 2.32. The Bertz CT molecular complexity index is 554. The SMILES string of the molecule is Fc1cc(-c2ccccc2OC(F)(F)F)ccn1. The van der Waals surface area contributed by atoms with Crippen LogP contribution in [0.3, 0.4) is 0 Å². The van der Waals surface area contributed by atoms with Crippen LogP contribution in [0, 0.1) is 5.95 Å². The van der Waals surface area contributed by atoms with E-state index in [-0.39, 0.29) is 16.9 Å². The van der Waals surface area contributed by atoms with Gasteiger partial charge >= 0.3 is 6.36 Å². The highest BCUT2D eigenvalue weighted by molar-refractivity contribution is 5.69. The standard InChI is InChI=1S/C12H7F4NO/c13-11-7-8(5-6-17-11)9-3-1-2-4-10(9)18-12(14,15)16/h1-7H. The predicted octanol–water partition coefficient (Wildman–Crippen LogP) is 3.79. The molecule has 1 aromatic carbocycles. The molecule has 2 rings (SSSR count). The zero-order valence-electron chi connectivity index (χ0n) is 8.91. The summed E-state index contributed by atoms with van der Waals surface area (Å²) in [7, 11) is 0. The molecular weight excluding hydrogens is 250 g/mol. The van der Waals surface area contributed by atoms with Crippen LogP contribution in [-0.4, -0.2) is 11.3 Å². The molecule has 0 saturated heterocycles. The van der Waals surface area contributed by atoms with E-state index < -0.39 is 12.3 Å². The fourth-order valence-corrected chi connectivity index (χ4v) is 1.49. The average molecular weight is 257 g/mol. The molecule has 0 N–H and O–H groups in total. The van der Waals surface area contributed by atoms with Crippen molar-refractivity contribution in [3.8, 4) is 16.9 Å². The van der Waals surface area contributed by atoms with Crippen LogP contribution in [0.5, 0.6) is 5.75 Å². The van der Waals surface area contributed by atoms with E-state index in [0.29, 0.717) is 0 Å². The molecule has 0 fully saturated rings. The molecule has 0 atom stereocenters. The molecule has 0 amide bonds. The Labute approximate surface area is 99.8 Å². The molecule has 1 heterocycles. The van der Waals surface area contributed by atoms with E-state index in [0.717, 1.165) is 6.07 Å². The van der Waals surface area contributed by atoms with Crippen molar-refractivity contribution < 1.29 is 22.3 Å². The Kier molecular flexibility index (Phi) is 3.18. The first-order valence-electron chi connectivity index (χ1n) is 4.92. The second-order valence-electron chi connectivity index (χ2n) is 3.41. The number of hydrogen-bond donors (Lipinski definition) is 0. The van der Waals surface area contributed by atoms with Gasteiger partial charge in [-0.2, -0.15) is 4.39 Å². The summed E-state index contributed by atoms with van der Waals surface area (Å²) in [6.07, 6.45) is -3.61. The smallest absolute Gasteiger partial charge is 0.405 e. The Morgan fingerprint density at radius 2 is 1.78 bits per heavy atom. The highest BCUT2D eigenvalue weighted by atomic mass is 19.4. The molecule has 0 unspecified atom stereocenters. The third-order valence-electron chi connectivity index (χ3n) is 2.15. The van der Waals surface area contributed by atoms with Crippen molar-refractivity contribution in [3.63, 3.8) is 0 Å². The van der Waals surface area contributed by atoms with Gasteiger partial charge in [0.05, 0.1) is 0 Å². The third-order valence-corrected chi connectivity index (χ3v) is 2.15. The van der Waals surface area contributed by atoms with Gasteiger partial charge < -0.3 is 4.74 Å². The lowest BCUT2D eigenvalue weighted by Gasteiger charge is -2.13. The molecule has 0 spiro atoms. The number of para-hydroxylation sites is 1. The van der Waals surface area contributed by atoms with E-state index in [2.05, 4.69) is 9.72 Å². The zero-order chi connectivity index (χ0) is 13.2. The lowest BCUT2D eigenvalue weighted by atomic mass is 10.1. The first kappa shape index (κ1) is 12.3. The predicted molar refractivity (Wildman–Crippen MR) is 56.3 cm³/mol. The molecule has 18 heavy (non-hydrogen) atoms. The van der Waals surface area contributed by atoms with Gasteiger partial charge in [0.15, 0.2) is 0 Å². The molecule has 0 bridgehead atoms. The van der Waals surface area contributed by atoms with Crippen LogP contribution in [0.1, 0.15) is 0 Å². The van der Waals surface area contributed by atoms with E-state index >= 15 is 0 Å². The van der Waals surface area contributed by atoms with Gasteiger partial charge in [-0.3, -0.25) is 0 Å². The summed E-state index contributed by atoms with van der Waals surface area (Å²) in [6.45, 7) is 0. The average Bonchev–Trinajstić information content (AvgIpc) is 2.27. The van der Waals surface area contributed by atoms with Crippen LogP contribution in [0.25, 0.3) is 11.1 Å². The van der Waals surface area contributed by atoms with Gasteiger partial charge in [-0.05, 0) is 17.7 Å². The zero-order valence-corrected chi connectivity index (χ0v) is 8.91. The number of benzene rings is 1. The van der Waals surface area contributed by atoms with Crippen molar-refractivity contribution >= 4 is 0 Å². The van der Waals surface area contributed by atoms with Crippen molar-refractivity contribution in [1.82, 2.24) is 4.98 Å². The Morgan fingerprint density at radius 3 is 2.44 bits per heavy atom. The molecule has 0 aliphatic rings. The summed E-state index contributed by atoms with van der Waals surface area (Å²) in [6, 6.07) is 7.97. The fourth-order valence-electron chi connectivity index (χ4n) is 1.49. The Morgan fingerprint density at radius 1 is 1.06 bits per heavy atom. The molecule has 6 heteroatoms. The third kappa shape index (κ3) is 2.97. The highest BCUT2D eigenvalue weighted by Crippen LogP contribution is 2.33. The van der Waals surface area contributed by atoms with Crippen LogP contribution in [0.4, 0.5) is 17.6 Å². The number of alkyl halides is 3. The first-order chi connectivity index (χ1) is 8.46. The number of nitrogens with zero attached hydrogens (tertiary/aromatic N) is 1. The molecule has 1 aromatic heterocycles. The summed E-state index contributed by atoms with van der Waals surface area (Å²) >= 11 is 0. The van der Waals surface area contributed by atoms with E-state index in [9.17, 15) is 17.6 Å². The minimum Gasteiger partial charge on any atom is -0.405 e. The van der Waals surface area contributed by atoms with Crippen molar-refractivity contribution in [3.05, 3.63) is 48.5 Å². The van der Waals surface area contributed by atoms with Gasteiger partial charge in [0.1, 0.15) is 5.75 Å². The van der Waals surface area contributed by atoms with E-state index in [1.165, 1.54) is 36.5 Å². The first-order valence-corrected chi connectivity index (χ1v) is 4.92. The van der Waals surface area contributed by atoms with E-state index in [1.54, 1.807) is 0 Å². The van der Waals surface area contributed by atoms with Crippen LogP contribution in [-0.2, 0) is 0 Å². The van der Waals surface area contributed by atoms with Crippen LogP contribution in [0.2, 0.25) is 0 Å². The minimum atomic E-state index is -4.79. The van der Waals surface area contributed by atoms with Crippen LogP contribution < -0.4 is 4.74 Å². The molecule has 94 valence electrons. The number of aromatic nitrogens is 1. The molecule has 0 saturated carbocycles. The van der Waals surface area contributed by atoms with Crippen molar-refractivity contribution in [2.75, 3.05) is 0 Å². The van der Waals surface area contributed by atoms with Crippen molar-refractivity contribution in [2.45, 2.75) is 6.36 Å². The van der Waals surface area contributed by atoms with Gasteiger partial charge in [-0.15, -0.1) is 13.2 Å². The molecule has 0 aliphatic carbocycles. The van der Waals surface area contributed by atoms with Gasteiger partial charge in [0.2, 0.25) is 5.95 Å². The maximum Gasteiger partial charge on any atom is 0.573 e. The maximum absolute atomic E-state index is 12.9. The lowest BCUT2D eigenvalue weighted by Crippen LogP contribution is -2.17. The number of pyridine rings is 1. The fraction of sp³-hybridized carbons (Fsp3) is 0.0833. The topological polar surface area (TPSA) is 22.1 Å². The Hall–Kier alpha value is -2.11. The molecule has 2 nitrogen and oxygen atoms in total. The van der Waals surface area contributed by atoms with E-state index in [1.807, 2.05) is 0 Å². The maximum atomic E-state index is 12.9. The van der Waals surface area contributed by atoms with Gasteiger partial charge in [0.25, 0.3) is 0 Å². The van der Waals surface area contributed by atoms with Crippen molar-refractivity contribution in [1.29, 1.82) is 0 Å². The van der Waals surface area contributed by atoms with E-state index in [4.69, 9.17) is 0 Å². The van der Waals surface area contributed by atoms with Crippen LogP contribution >= 0.6 is 0 Å². The van der Waals surface area contributed by atoms with Crippen LogP contribution in [0.15, 0.2) is 42.6 Å². The molecule has 0 radical (unpaired) electrons.